The highest BCUT2D eigenvalue weighted by Crippen LogP contribution is 2.46. The van der Waals surface area contributed by atoms with Crippen LogP contribution >= 0.6 is 0 Å². The van der Waals surface area contributed by atoms with Gasteiger partial charge in [0.1, 0.15) is 5.82 Å². The summed E-state index contributed by atoms with van der Waals surface area (Å²) < 4.78 is 16.8. The fourth-order valence-electron chi connectivity index (χ4n) is 9.64. The molecule has 12 aromatic rings. The van der Waals surface area contributed by atoms with Crippen LogP contribution < -0.4 is 9.80 Å². The molecule has 0 spiro atoms. The summed E-state index contributed by atoms with van der Waals surface area (Å²) in [4.78, 5) is 4.63. The van der Waals surface area contributed by atoms with Crippen LogP contribution in [0.1, 0.15) is 0 Å². The second-order valence-corrected chi connectivity index (χ2v) is 16.3. The minimum Gasteiger partial charge on any atom is -0.310 e. The molecular formula is C60H40FN3. The highest BCUT2D eigenvalue weighted by Gasteiger charge is 2.21. The molecule has 0 atom stereocenters. The number of aromatic nitrogens is 1. The third-order valence-electron chi connectivity index (χ3n) is 12.6. The molecule has 0 saturated carbocycles. The molecule has 64 heavy (non-hydrogen) atoms. The van der Waals surface area contributed by atoms with Crippen molar-refractivity contribution in [3.05, 3.63) is 248 Å². The Morgan fingerprint density at radius 2 is 0.875 bits per heavy atom. The van der Waals surface area contributed by atoms with E-state index in [0.717, 1.165) is 78.1 Å². The summed E-state index contributed by atoms with van der Waals surface area (Å²) in [7, 11) is 0. The van der Waals surface area contributed by atoms with Crippen LogP contribution in [-0.4, -0.2) is 4.57 Å². The topological polar surface area (TPSA) is 11.4 Å². The van der Waals surface area contributed by atoms with Crippen molar-refractivity contribution in [2.24, 2.45) is 0 Å². The molecule has 12 rings (SSSR count). The van der Waals surface area contributed by atoms with E-state index >= 15 is 0 Å². The van der Waals surface area contributed by atoms with Gasteiger partial charge >= 0.3 is 0 Å². The molecule has 302 valence electrons. The number of anilines is 6. The first-order valence-corrected chi connectivity index (χ1v) is 21.7. The maximum atomic E-state index is 14.4. The van der Waals surface area contributed by atoms with Crippen LogP contribution in [0.3, 0.4) is 0 Å². The van der Waals surface area contributed by atoms with E-state index < -0.39 is 0 Å². The molecule has 0 amide bonds. The van der Waals surface area contributed by atoms with Gasteiger partial charge < -0.3 is 14.4 Å². The predicted octanol–water partition coefficient (Wildman–Crippen LogP) is 17.0. The number of benzene rings is 11. The summed E-state index contributed by atoms with van der Waals surface area (Å²) >= 11 is 0. The first kappa shape index (κ1) is 37.3. The molecular weight excluding hydrogens is 782 g/mol. The normalized spacial score (nSPS) is 11.5. The average molecular weight is 822 g/mol. The summed E-state index contributed by atoms with van der Waals surface area (Å²) in [5.41, 5.74) is 11.8. The number of rotatable bonds is 8. The summed E-state index contributed by atoms with van der Waals surface area (Å²) in [5, 5.41) is 9.42. The molecule has 0 saturated heterocycles. The van der Waals surface area contributed by atoms with E-state index in [4.69, 9.17) is 0 Å². The van der Waals surface area contributed by atoms with E-state index in [1.54, 1.807) is 0 Å². The highest BCUT2D eigenvalue weighted by molar-refractivity contribution is 6.12. The van der Waals surface area contributed by atoms with Crippen molar-refractivity contribution in [1.29, 1.82) is 0 Å². The summed E-state index contributed by atoms with van der Waals surface area (Å²) in [6.07, 6.45) is 0. The number of fused-ring (bicyclic) bond motifs is 6. The van der Waals surface area contributed by atoms with Crippen molar-refractivity contribution in [3.63, 3.8) is 0 Å². The number of hydrogen-bond donors (Lipinski definition) is 0. The van der Waals surface area contributed by atoms with Crippen LogP contribution in [0.4, 0.5) is 38.5 Å². The smallest absolute Gasteiger partial charge is 0.123 e. The molecule has 1 aromatic heterocycles. The third-order valence-corrected chi connectivity index (χ3v) is 12.6. The van der Waals surface area contributed by atoms with Crippen LogP contribution in [0.2, 0.25) is 0 Å². The number of hydrogen-bond acceptors (Lipinski definition) is 2. The minimum atomic E-state index is -0.268. The van der Waals surface area contributed by atoms with Crippen LogP contribution in [0.15, 0.2) is 243 Å². The van der Waals surface area contributed by atoms with Crippen LogP contribution in [0.25, 0.3) is 70.9 Å². The fraction of sp³-hybridized carbons (Fsp3) is 0. The lowest BCUT2D eigenvalue weighted by molar-refractivity contribution is 0.628. The Balaban J connectivity index is 0.983. The zero-order valence-corrected chi connectivity index (χ0v) is 34.8. The van der Waals surface area contributed by atoms with Crippen LogP contribution in [-0.2, 0) is 0 Å². The minimum absolute atomic E-state index is 0.268. The van der Waals surface area contributed by atoms with Gasteiger partial charge in [-0.15, -0.1) is 0 Å². The van der Waals surface area contributed by atoms with Gasteiger partial charge in [0.15, 0.2) is 0 Å². The van der Waals surface area contributed by atoms with E-state index in [1.807, 2.05) is 18.2 Å². The molecule has 0 aliphatic heterocycles. The van der Waals surface area contributed by atoms with Crippen molar-refractivity contribution in [2.75, 3.05) is 9.80 Å². The second-order valence-electron chi connectivity index (χ2n) is 16.3. The molecule has 0 bridgehead atoms. The Morgan fingerprint density at radius 1 is 0.312 bits per heavy atom. The van der Waals surface area contributed by atoms with E-state index in [1.165, 1.54) is 39.1 Å². The standard InChI is InChI=1S/C60H40FN3/c61-45-28-33-48(34-29-45)62(50-35-37-60-56(40-50)55-22-10-11-23-58(55)63(60)46-17-2-1-3-18-46)47-30-26-43(27-31-47)51-36-38-59(54-21-9-8-20-53(51)54)64(49-32-25-41-13-4-5-15-44(41)39-49)57-24-12-16-42-14-6-7-19-52(42)57/h1-40H. The van der Waals surface area contributed by atoms with E-state index in [2.05, 4.69) is 227 Å². The zero-order valence-electron chi connectivity index (χ0n) is 34.8. The van der Waals surface area contributed by atoms with Gasteiger partial charge in [-0.2, -0.15) is 0 Å². The first-order chi connectivity index (χ1) is 31.7. The van der Waals surface area contributed by atoms with Crippen molar-refractivity contribution in [1.82, 2.24) is 4.57 Å². The number of para-hydroxylation sites is 2. The lowest BCUT2D eigenvalue weighted by atomic mass is 9.95. The Morgan fingerprint density at radius 3 is 1.67 bits per heavy atom. The van der Waals surface area contributed by atoms with Gasteiger partial charge in [-0.05, 0) is 130 Å². The lowest BCUT2D eigenvalue weighted by Crippen LogP contribution is -2.11. The van der Waals surface area contributed by atoms with Crippen molar-refractivity contribution in [3.8, 4) is 16.8 Å². The van der Waals surface area contributed by atoms with Crippen LogP contribution in [0, 0.1) is 5.82 Å². The number of halogens is 1. The monoisotopic (exact) mass is 821 g/mol. The van der Waals surface area contributed by atoms with Gasteiger partial charge in [0.05, 0.1) is 22.4 Å². The van der Waals surface area contributed by atoms with Gasteiger partial charge in [-0.1, -0.05) is 146 Å². The molecule has 0 N–H and O–H groups in total. The molecule has 3 nitrogen and oxygen atoms in total. The zero-order chi connectivity index (χ0) is 42.6. The summed E-state index contributed by atoms with van der Waals surface area (Å²) in [5.74, 6) is -0.268. The predicted molar refractivity (Wildman–Crippen MR) is 268 cm³/mol. The molecule has 4 heteroatoms. The largest absolute Gasteiger partial charge is 0.310 e. The third kappa shape index (κ3) is 6.35. The maximum absolute atomic E-state index is 14.4. The fourth-order valence-corrected chi connectivity index (χ4v) is 9.64. The van der Waals surface area contributed by atoms with Gasteiger partial charge in [0.2, 0.25) is 0 Å². The summed E-state index contributed by atoms with van der Waals surface area (Å²) in [6.45, 7) is 0. The van der Waals surface area contributed by atoms with E-state index in [9.17, 15) is 4.39 Å². The Labute approximate surface area is 370 Å². The maximum Gasteiger partial charge on any atom is 0.123 e. The Bertz CT molecular complexity index is 3680. The van der Waals surface area contributed by atoms with E-state index in [-0.39, 0.29) is 5.82 Å². The van der Waals surface area contributed by atoms with Gasteiger partial charge in [-0.3, -0.25) is 0 Å². The molecule has 0 aliphatic rings. The lowest BCUT2D eigenvalue weighted by Gasteiger charge is -2.29. The quantitative estimate of drug-likeness (QED) is 0.151. The Hall–Kier alpha value is -8.47. The SMILES string of the molecule is Fc1ccc(N(c2ccc(-c3ccc(N(c4ccc5ccccc5c4)c4cccc5ccccc45)c4ccccc34)cc2)c2ccc3c(c2)c2ccccc2n3-c2ccccc2)cc1. The molecule has 1 heterocycles. The van der Waals surface area contributed by atoms with Gasteiger partial charge in [-0.25, -0.2) is 4.39 Å². The summed E-state index contributed by atoms with van der Waals surface area (Å²) in [6, 6.07) is 85.0. The molecule has 0 unspecified atom stereocenters. The second kappa shape index (κ2) is 15.5. The molecule has 0 radical (unpaired) electrons. The Kier molecular flexibility index (Phi) is 9.01. The highest BCUT2D eigenvalue weighted by atomic mass is 19.1. The van der Waals surface area contributed by atoms with E-state index in [0.29, 0.717) is 0 Å². The number of nitrogens with zero attached hydrogens (tertiary/aromatic N) is 3. The molecule has 11 aromatic carbocycles. The first-order valence-electron chi connectivity index (χ1n) is 21.7. The van der Waals surface area contributed by atoms with Crippen molar-refractivity contribution < 1.29 is 4.39 Å². The van der Waals surface area contributed by atoms with Crippen LogP contribution in [0.5, 0.6) is 0 Å². The molecule has 0 aliphatic carbocycles. The average Bonchev–Trinajstić information content (AvgIpc) is 3.69. The van der Waals surface area contributed by atoms with Gasteiger partial charge in [0, 0.05) is 50.0 Å². The van der Waals surface area contributed by atoms with Crippen molar-refractivity contribution in [2.45, 2.75) is 0 Å². The molecule has 0 fully saturated rings. The van der Waals surface area contributed by atoms with Crippen molar-refractivity contribution >= 4 is 88.2 Å². The van der Waals surface area contributed by atoms with Gasteiger partial charge in [0.25, 0.3) is 0 Å².